The van der Waals surface area contributed by atoms with E-state index in [4.69, 9.17) is 10.2 Å². The van der Waals surface area contributed by atoms with Gasteiger partial charge in [0.25, 0.3) is 5.91 Å². The Kier molecular flexibility index (Phi) is 9.97. The predicted octanol–water partition coefficient (Wildman–Crippen LogP) is 3.21. The van der Waals surface area contributed by atoms with Crippen molar-refractivity contribution in [2.45, 2.75) is 52.1 Å². The number of carbonyl (C=O) groups excluding carboxylic acids is 1. The number of hydrogen-bond donors (Lipinski definition) is 2. The minimum Gasteiger partial charge on any atom is -0.467 e. The van der Waals surface area contributed by atoms with Crippen molar-refractivity contribution in [3.05, 3.63) is 23.7 Å². The first-order valence-corrected chi connectivity index (χ1v) is 8.27. The summed E-state index contributed by atoms with van der Waals surface area (Å²) in [6.45, 7) is 9.84. The first kappa shape index (κ1) is 23.2. The molecule has 1 aliphatic heterocycles. The molecule has 3 N–H and O–H groups in total. The molecule has 140 valence electrons. The maximum Gasteiger partial charge on any atom is 0.254 e. The van der Waals surface area contributed by atoms with E-state index in [1.807, 2.05) is 0 Å². The van der Waals surface area contributed by atoms with E-state index in [0.717, 1.165) is 19.0 Å². The summed E-state index contributed by atoms with van der Waals surface area (Å²) in [5.41, 5.74) is 6.00. The highest BCUT2D eigenvalue weighted by atomic mass is 35.5. The Morgan fingerprint density at radius 1 is 1.46 bits per heavy atom. The van der Waals surface area contributed by atoms with Crippen LogP contribution in [0.4, 0.5) is 0 Å². The van der Waals surface area contributed by atoms with E-state index in [-0.39, 0.29) is 36.3 Å². The molecule has 0 aliphatic carbocycles. The summed E-state index contributed by atoms with van der Waals surface area (Å²) in [5.74, 6) is 1.32. The molecule has 2 rings (SSSR count). The molecule has 1 fully saturated rings. The molecule has 1 amide bonds. The van der Waals surface area contributed by atoms with Gasteiger partial charge >= 0.3 is 0 Å². The van der Waals surface area contributed by atoms with Crippen molar-refractivity contribution in [1.29, 1.82) is 0 Å². The van der Waals surface area contributed by atoms with Gasteiger partial charge in [-0.2, -0.15) is 0 Å². The molecule has 1 unspecified atom stereocenters. The molecular weight excluding hydrogens is 349 g/mol. The number of rotatable bonds is 6. The van der Waals surface area contributed by atoms with E-state index in [2.05, 4.69) is 31.0 Å². The van der Waals surface area contributed by atoms with Crippen molar-refractivity contribution in [1.82, 2.24) is 10.2 Å². The standard InChI is InChI=1S/C17H29N3O2.2ClH/c1-4-13-6-5-7-20(10-13)17(2,3)12-19-16(21)14-8-15(9-18)22-11-14;;/h8,11,13H,4-7,9-10,12,18H2,1-3H3,(H,19,21);2*1H. The second kappa shape index (κ2) is 10.3. The average molecular weight is 380 g/mol. The van der Waals surface area contributed by atoms with E-state index in [1.165, 1.54) is 25.5 Å². The molecule has 0 saturated carbocycles. The van der Waals surface area contributed by atoms with Gasteiger partial charge in [0.2, 0.25) is 0 Å². The van der Waals surface area contributed by atoms with Crippen LogP contribution in [0.1, 0.15) is 56.2 Å². The summed E-state index contributed by atoms with van der Waals surface area (Å²) in [6.07, 6.45) is 5.28. The monoisotopic (exact) mass is 379 g/mol. The van der Waals surface area contributed by atoms with E-state index in [9.17, 15) is 4.79 Å². The maximum absolute atomic E-state index is 12.2. The van der Waals surface area contributed by atoms with Gasteiger partial charge in [-0.15, -0.1) is 24.8 Å². The van der Waals surface area contributed by atoms with Gasteiger partial charge in [0.05, 0.1) is 12.1 Å². The zero-order chi connectivity index (χ0) is 16.2. The summed E-state index contributed by atoms with van der Waals surface area (Å²) >= 11 is 0. The lowest BCUT2D eigenvalue weighted by atomic mass is 9.91. The number of likely N-dealkylation sites (tertiary alicyclic amines) is 1. The minimum atomic E-state index is -0.0967. The second-order valence-electron chi connectivity index (χ2n) is 6.86. The van der Waals surface area contributed by atoms with Gasteiger partial charge in [-0.25, -0.2) is 0 Å². The largest absolute Gasteiger partial charge is 0.467 e. The molecule has 0 aromatic carbocycles. The van der Waals surface area contributed by atoms with Gasteiger partial charge in [-0.05, 0) is 45.2 Å². The third kappa shape index (κ3) is 5.96. The Hall–Kier alpha value is -0.750. The Morgan fingerprint density at radius 3 is 2.75 bits per heavy atom. The molecule has 1 aromatic rings. The Bertz CT molecular complexity index is 506. The number of hydrogen-bond acceptors (Lipinski definition) is 4. The van der Waals surface area contributed by atoms with Crippen LogP contribution in [0.15, 0.2) is 16.7 Å². The average Bonchev–Trinajstić information content (AvgIpc) is 3.02. The minimum absolute atomic E-state index is 0. The zero-order valence-electron chi connectivity index (χ0n) is 14.8. The first-order valence-electron chi connectivity index (χ1n) is 8.27. The topological polar surface area (TPSA) is 71.5 Å². The van der Waals surface area contributed by atoms with Crippen LogP contribution in [0.25, 0.3) is 0 Å². The Morgan fingerprint density at radius 2 is 2.17 bits per heavy atom. The van der Waals surface area contributed by atoms with Crippen LogP contribution >= 0.6 is 24.8 Å². The molecule has 0 radical (unpaired) electrons. The molecule has 1 atom stereocenters. The quantitative estimate of drug-likeness (QED) is 0.795. The van der Waals surface area contributed by atoms with Crippen molar-refractivity contribution < 1.29 is 9.21 Å². The van der Waals surface area contributed by atoms with Crippen molar-refractivity contribution in [3.8, 4) is 0 Å². The number of nitrogens with two attached hydrogens (primary N) is 1. The third-order valence-electron chi connectivity index (χ3n) is 4.75. The predicted molar refractivity (Wildman–Crippen MR) is 102 cm³/mol. The molecule has 24 heavy (non-hydrogen) atoms. The van der Waals surface area contributed by atoms with E-state index in [1.54, 1.807) is 6.07 Å². The normalized spacial score (nSPS) is 18.4. The van der Waals surface area contributed by atoms with Gasteiger partial charge in [0, 0.05) is 18.6 Å². The molecular formula is C17H31Cl2N3O2. The fraction of sp³-hybridized carbons (Fsp3) is 0.706. The summed E-state index contributed by atoms with van der Waals surface area (Å²) in [7, 11) is 0. The highest BCUT2D eigenvalue weighted by Crippen LogP contribution is 2.25. The van der Waals surface area contributed by atoms with Gasteiger partial charge in [-0.1, -0.05) is 13.3 Å². The molecule has 1 aromatic heterocycles. The smallest absolute Gasteiger partial charge is 0.254 e. The zero-order valence-corrected chi connectivity index (χ0v) is 16.5. The molecule has 7 heteroatoms. The lowest BCUT2D eigenvalue weighted by molar-refractivity contribution is 0.0612. The Labute approximate surface area is 157 Å². The number of halogens is 2. The molecule has 5 nitrogen and oxygen atoms in total. The van der Waals surface area contributed by atoms with Crippen LogP contribution in [0.2, 0.25) is 0 Å². The fourth-order valence-electron chi connectivity index (χ4n) is 3.07. The first-order chi connectivity index (χ1) is 10.5. The molecule has 1 aliphatic rings. The summed E-state index contributed by atoms with van der Waals surface area (Å²) < 4.78 is 5.22. The van der Waals surface area contributed by atoms with Crippen molar-refractivity contribution in [2.75, 3.05) is 19.6 Å². The summed E-state index contributed by atoms with van der Waals surface area (Å²) in [5, 5.41) is 3.03. The van der Waals surface area contributed by atoms with E-state index >= 15 is 0 Å². The van der Waals surface area contributed by atoms with E-state index < -0.39 is 0 Å². The van der Waals surface area contributed by atoms with Gasteiger partial charge in [0.1, 0.15) is 12.0 Å². The van der Waals surface area contributed by atoms with Crippen LogP contribution in [-0.2, 0) is 6.54 Å². The number of amides is 1. The number of furan rings is 1. The number of piperidine rings is 1. The molecule has 0 bridgehead atoms. The van der Waals surface area contributed by atoms with Crippen molar-refractivity contribution in [2.24, 2.45) is 11.7 Å². The second-order valence-corrected chi connectivity index (χ2v) is 6.86. The lowest BCUT2D eigenvalue weighted by Crippen LogP contribution is -2.54. The van der Waals surface area contributed by atoms with Gasteiger partial charge in [0.15, 0.2) is 0 Å². The molecule has 1 saturated heterocycles. The summed E-state index contributed by atoms with van der Waals surface area (Å²) in [6, 6.07) is 1.70. The van der Waals surface area contributed by atoms with E-state index in [0.29, 0.717) is 24.4 Å². The van der Waals surface area contributed by atoms with Crippen LogP contribution < -0.4 is 11.1 Å². The van der Waals surface area contributed by atoms with Crippen LogP contribution in [0.5, 0.6) is 0 Å². The number of nitrogens with zero attached hydrogens (tertiary/aromatic N) is 1. The third-order valence-corrected chi connectivity index (χ3v) is 4.75. The van der Waals surface area contributed by atoms with Gasteiger partial charge < -0.3 is 15.5 Å². The highest BCUT2D eigenvalue weighted by molar-refractivity contribution is 5.94. The Balaban J connectivity index is 0.00000264. The number of carbonyl (C=O) groups is 1. The van der Waals surface area contributed by atoms with Crippen LogP contribution in [0.3, 0.4) is 0 Å². The van der Waals surface area contributed by atoms with Crippen molar-refractivity contribution in [3.63, 3.8) is 0 Å². The molecule has 2 heterocycles. The molecule has 0 spiro atoms. The highest BCUT2D eigenvalue weighted by Gasteiger charge is 2.31. The number of nitrogens with one attached hydrogen (secondary N) is 1. The van der Waals surface area contributed by atoms with Crippen molar-refractivity contribution >= 4 is 30.7 Å². The van der Waals surface area contributed by atoms with Crippen LogP contribution in [0, 0.1) is 5.92 Å². The van der Waals surface area contributed by atoms with Crippen LogP contribution in [-0.4, -0.2) is 36.0 Å². The fourth-order valence-corrected chi connectivity index (χ4v) is 3.07. The maximum atomic E-state index is 12.2. The lowest BCUT2D eigenvalue weighted by Gasteiger charge is -2.43. The summed E-state index contributed by atoms with van der Waals surface area (Å²) in [4.78, 5) is 14.7. The van der Waals surface area contributed by atoms with Gasteiger partial charge in [-0.3, -0.25) is 9.69 Å². The SMILES string of the molecule is CCC1CCCN(C(C)(C)CNC(=O)c2coc(CN)c2)C1.Cl.Cl.